The molecular formula is C15H20N2O3. The van der Waals surface area contributed by atoms with E-state index in [0.717, 1.165) is 49.4 Å². The van der Waals surface area contributed by atoms with Crippen molar-refractivity contribution in [3.63, 3.8) is 0 Å². The van der Waals surface area contributed by atoms with Gasteiger partial charge in [0.1, 0.15) is 6.04 Å². The number of ether oxygens (including phenoxy) is 2. The Kier molecular flexibility index (Phi) is 3.95. The van der Waals surface area contributed by atoms with Gasteiger partial charge in [0.05, 0.1) is 13.2 Å². The van der Waals surface area contributed by atoms with E-state index in [1.165, 1.54) is 0 Å². The number of carbonyl (C=O) groups excluding carboxylic acids is 1. The molecule has 1 aromatic carbocycles. The van der Waals surface area contributed by atoms with Crippen LogP contribution in [0.15, 0.2) is 18.2 Å². The van der Waals surface area contributed by atoms with E-state index in [2.05, 4.69) is 10.6 Å². The highest BCUT2D eigenvalue weighted by molar-refractivity contribution is 5.84. The zero-order valence-corrected chi connectivity index (χ0v) is 11.5. The lowest BCUT2D eigenvalue weighted by Gasteiger charge is -2.17. The molecule has 0 aromatic heterocycles. The normalized spacial score (nSPS) is 22.4. The summed E-state index contributed by atoms with van der Waals surface area (Å²) in [6.07, 6.45) is 3.86. The van der Waals surface area contributed by atoms with Crippen LogP contribution < -0.4 is 20.1 Å². The van der Waals surface area contributed by atoms with Crippen LogP contribution in [-0.2, 0) is 4.79 Å². The average molecular weight is 276 g/mol. The van der Waals surface area contributed by atoms with Crippen molar-refractivity contribution in [1.29, 1.82) is 0 Å². The Morgan fingerprint density at radius 3 is 2.85 bits per heavy atom. The van der Waals surface area contributed by atoms with Gasteiger partial charge < -0.3 is 20.1 Å². The molecule has 3 rings (SSSR count). The first-order valence-electron chi connectivity index (χ1n) is 7.27. The highest BCUT2D eigenvalue weighted by atomic mass is 16.5. The van der Waals surface area contributed by atoms with Gasteiger partial charge in [-0.05, 0) is 31.4 Å². The molecule has 0 bridgehead atoms. The highest BCUT2D eigenvalue weighted by Crippen LogP contribution is 2.32. The number of benzene rings is 1. The summed E-state index contributed by atoms with van der Waals surface area (Å²) in [7, 11) is 0. The Balaban J connectivity index is 1.73. The van der Waals surface area contributed by atoms with Gasteiger partial charge in [-0.1, -0.05) is 0 Å². The monoisotopic (exact) mass is 276 g/mol. The van der Waals surface area contributed by atoms with Gasteiger partial charge >= 0.3 is 0 Å². The Morgan fingerprint density at radius 1 is 1.10 bits per heavy atom. The fourth-order valence-electron chi connectivity index (χ4n) is 2.53. The maximum absolute atomic E-state index is 11.9. The van der Waals surface area contributed by atoms with Crippen LogP contribution in [0.3, 0.4) is 0 Å². The summed E-state index contributed by atoms with van der Waals surface area (Å²) in [4.78, 5) is 11.9. The van der Waals surface area contributed by atoms with Crippen LogP contribution in [0.25, 0.3) is 0 Å². The zero-order valence-electron chi connectivity index (χ0n) is 11.5. The summed E-state index contributed by atoms with van der Waals surface area (Å²) < 4.78 is 11.3. The molecule has 5 heteroatoms. The molecule has 2 N–H and O–H groups in total. The number of fused-ring (bicyclic) bond motifs is 1. The van der Waals surface area contributed by atoms with E-state index >= 15 is 0 Å². The minimum Gasteiger partial charge on any atom is -0.490 e. The average Bonchev–Trinajstić information content (AvgIpc) is 2.80. The second kappa shape index (κ2) is 6.03. The van der Waals surface area contributed by atoms with Crippen molar-refractivity contribution in [2.45, 2.75) is 31.7 Å². The van der Waals surface area contributed by atoms with Crippen molar-refractivity contribution >= 4 is 11.6 Å². The molecule has 2 aliphatic rings. The zero-order chi connectivity index (χ0) is 13.8. The summed E-state index contributed by atoms with van der Waals surface area (Å²) in [5.41, 5.74) is 0.899. The molecular weight excluding hydrogens is 256 g/mol. The van der Waals surface area contributed by atoms with Crippen molar-refractivity contribution in [3.05, 3.63) is 18.2 Å². The predicted octanol–water partition coefficient (Wildman–Crippen LogP) is 1.93. The van der Waals surface area contributed by atoms with Crippen LogP contribution in [0.4, 0.5) is 5.69 Å². The summed E-state index contributed by atoms with van der Waals surface area (Å²) in [5.74, 6) is 1.61. The number of hydrogen-bond acceptors (Lipinski definition) is 4. The largest absolute Gasteiger partial charge is 0.490 e. The molecule has 5 nitrogen and oxygen atoms in total. The molecule has 0 spiro atoms. The smallest absolute Gasteiger partial charge is 0.242 e. The Bertz CT molecular complexity index is 490. The van der Waals surface area contributed by atoms with Crippen molar-refractivity contribution in [2.24, 2.45) is 0 Å². The molecule has 20 heavy (non-hydrogen) atoms. The molecule has 1 amide bonds. The van der Waals surface area contributed by atoms with E-state index in [0.29, 0.717) is 13.2 Å². The summed E-state index contributed by atoms with van der Waals surface area (Å²) in [5, 5.41) is 6.22. The molecule has 1 unspecified atom stereocenters. The first kappa shape index (κ1) is 13.1. The van der Waals surface area contributed by atoms with Crippen molar-refractivity contribution < 1.29 is 14.3 Å². The standard InChI is InChI=1S/C15H20N2O3/c18-15-12(4-1-2-7-16-15)17-11-5-6-13-14(10-11)20-9-3-8-19-13/h5-6,10,12,17H,1-4,7-9H2,(H,16,18). The van der Waals surface area contributed by atoms with Crippen LogP contribution >= 0.6 is 0 Å². The number of rotatable bonds is 2. The third-order valence-electron chi connectivity index (χ3n) is 3.62. The maximum atomic E-state index is 11.9. The predicted molar refractivity (Wildman–Crippen MR) is 76.3 cm³/mol. The van der Waals surface area contributed by atoms with Crippen LogP contribution in [0.1, 0.15) is 25.7 Å². The van der Waals surface area contributed by atoms with Gasteiger partial charge in [0.15, 0.2) is 11.5 Å². The first-order valence-corrected chi connectivity index (χ1v) is 7.27. The van der Waals surface area contributed by atoms with E-state index in [9.17, 15) is 4.79 Å². The highest BCUT2D eigenvalue weighted by Gasteiger charge is 2.21. The maximum Gasteiger partial charge on any atom is 0.242 e. The van der Waals surface area contributed by atoms with E-state index in [1.54, 1.807) is 0 Å². The van der Waals surface area contributed by atoms with Gasteiger partial charge in [-0.3, -0.25) is 4.79 Å². The Hall–Kier alpha value is -1.91. The Morgan fingerprint density at radius 2 is 1.95 bits per heavy atom. The fourth-order valence-corrected chi connectivity index (χ4v) is 2.53. The number of amides is 1. The van der Waals surface area contributed by atoms with E-state index in [1.807, 2.05) is 18.2 Å². The minimum absolute atomic E-state index is 0.0783. The topological polar surface area (TPSA) is 59.6 Å². The molecule has 1 fully saturated rings. The van der Waals surface area contributed by atoms with Crippen LogP contribution in [0.2, 0.25) is 0 Å². The second-order valence-electron chi connectivity index (χ2n) is 5.20. The number of carbonyl (C=O) groups is 1. The summed E-state index contributed by atoms with van der Waals surface area (Å²) in [6, 6.07) is 5.59. The van der Waals surface area contributed by atoms with Gasteiger partial charge in [0.2, 0.25) is 5.91 Å². The lowest BCUT2D eigenvalue weighted by atomic mass is 10.1. The van der Waals surface area contributed by atoms with Gasteiger partial charge in [-0.25, -0.2) is 0 Å². The van der Waals surface area contributed by atoms with Crippen molar-refractivity contribution in [2.75, 3.05) is 25.1 Å². The van der Waals surface area contributed by atoms with E-state index in [-0.39, 0.29) is 11.9 Å². The number of nitrogens with one attached hydrogen (secondary N) is 2. The molecule has 0 saturated carbocycles. The summed E-state index contributed by atoms with van der Waals surface area (Å²) in [6.45, 7) is 2.13. The third kappa shape index (κ3) is 2.98. The van der Waals surface area contributed by atoms with Gasteiger partial charge in [-0.2, -0.15) is 0 Å². The van der Waals surface area contributed by atoms with Gasteiger partial charge in [0, 0.05) is 24.7 Å². The second-order valence-corrected chi connectivity index (χ2v) is 5.20. The lowest BCUT2D eigenvalue weighted by molar-refractivity contribution is -0.121. The first-order chi connectivity index (χ1) is 9.83. The quantitative estimate of drug-likeness (QED) is 0.866. The van der Waals surface area contributed by atoms with Gasteiger partial charge in [0.25, 0.3) is 0 Å². The van der Waals surface area contributed by atoms with Crippen molar-refractivity contribution in [1.82, 2.24) is 5.32 Å². The van der Waals surface area contributed by atoms with Gasteiger partial charge in [-0.15, -0.1) is 0 Å². The van der Waals surface area contributed by atoms with Crippen LogP contribution in [-0.4, -0.2) is 31.7 Å². The minimum atomic E-state index is -0.165. The Labute approximate surface area is 118 Å². The molecule has 2 heterocycles. The molecule has 0 radical (unpaired) electrons. The number of hydrogen-bond donors (Lipinski definition) is 2. The van der Waals surface area contributed by atoms with E-state index in [4.69, 9.17) is 9.47 Å². The molecule has 2 aliphatic heterocycles. The van der Waals surface area contributed by atoms with E-state index < -0.39 is 0 Å². The SMILES string of the molecule is O=C1NCCCCC1Nc1ccc2c(c1)OCCCO2. The molecule has 1 atom stereocenters. The lowest BCUT2D eigenvalue weighted by Crippen LogP contribution is -2.37. The van der Waals surface area contributed by atoms with Crippen molar-refractivity contribution in [3.8, 4) is 11.5 Å². The fraction of sp³-hybridized carbons (Fsp3) is 0.533. The molecule has 1 aromatic rings. The third-order valence-corrected chi connectivity index (χ3v) is 3.62. The molecule has 0 aliphatic carbocycles. The van der Waals surface area contributed by atoms with Crippen LogP contribution in [0.5, 0.6) is 11.5 Å². The molecule has 108 valence electrons. The molecule has 1 saturated heterocycles. The van der Waals surface area contributed by atoms with Crippen LogP contribution in [0, 0.1) is 0 Å². The number of anilines is 1. The summed E-state index contributed by atoms with van der Waals surface area (Å²) >= 11 is 0.